The molecule has 112 valence electrons. The van der Waals surface area contributed by atoms with E-state index in [1.54, 1.807) is 6.20 Å². The van der Waals surface area contributed by atoms with Gasteiger partial charge in [0.2, 0.25) is 0 Å². The second-order valence-corrected chi connectivity index (χ2v) is 6.43. The number of fused-ring (bicyclic) bond motifs is 1. The van der Waals surface area contributed by atoms with Gasteiger partial charge in [-0.25, -0.2) is 4.98 Å². The van der Waals surface area contributed by atoms with Crippen LogP contribution >= 0.6 is 22.9 Å². The number of hydrogen-bond donors (Lipinski definition) is 1. The van der Waals surface area contributed by atoms with E-state index in [4.69, 9.17) is 11.6 Å². The van der Waals surface area contributed by atoms with Crippen molar-refractivity contribution in [2.24, 2.45) is 0 Å². The highest BCUT2D eigenvalue weighted by atomic mass is 35.5. The smallest absolute Gasteiger partial charge is 0.267 e. The maximum Gasteiger partial charge on any atom is 0.267 e. The number of pyridine rings is 1. The summed E-state index contributed by atoms with van der Waals surface area (Å²) in [4.78, 5) is 19.1. The lowest BCUT2D eigenvalue weighted by Crippen LogP contribution is -2.13. The Morgan fingerprint density at radius 1 is 1.23 bits per heavy atom. The molecule has 0 radical (unpaired) electrons. The van der Waals surface area contributed by atoms with Crippen molar-refractivity contribution in [3.05, 3.63) is 52.5 Å². The van der Waals surface area contributed by atoms with Gasteiger partial charge in [-0.05, 0) is 18.2 Å². The average Bonchev–Trinajstić information content (AvgIpc) is 2.85. The molecule has 3 rings (SSSR count). The first-order valence-electron chi connectivity index (χ1n) is 6.68. The fourth-order valence-corrected chi connectivity index (χ4v) is 3.48. The van der Waals surface area contributed by atoms with Crippen LogP contribution in [0.5, 0.6) is 0 Å². The predicted molar refractivity (Wildman–Crippen MR) is 93.4 cm³/mol. The van der Waals surface area contributed by atoms with Crippen molar-refractivity contribution in [1.82, 2.24) is 4.98 Å². The van der Waals surface area contributed by atoms with Crippen molar-refractivity contribution >= 4 is 50.4 Å². The normalized spacial score (nSPS) is 10.7. The minimum absolute atomic E-state index is 0.217. The second-order valence-electron chi connectivity index (χ2n) is 4.99. The third-order valence-corrected chi connectivity index (χ3v) is 4.88. The maximum absolute atomic E-state index is 12.4. The highest BCUT2D eigenvalue weighted by Crippen LogP contribution is 2.35. The van der Waals surface area contributed by atoms with Crippen LogP contribution < -0.4 is 10.2 Å². The molecule has 0 unspecified atom stereocenters. The number of thiophene rings is 1. The number of aromatic nitrogens is 1. The number of nitrogens with one attached hydrogen (secondary N) is 1. The molecular formula is C16H14ClN3OS. The molecular weight excluding hydrogens is 318 g/mol. The first kappa shape index (κ1) is 14.8. The lowest BCUT2D eigenvalue weighted by Gasteiger charge is -2.11. The summed E-state index contributed by atoms with van der Waals surface area (Å²) in [6, 6.07) is 11.4. The van der Waals surface area contributed by atoms with Crippen LogP contribution in [-0.4, -0.2) is 25.0 Å². The van der Waals surface area contributed by atoms with Crippen LogP contribution in [0.1, 0.15) is 9.67 Å². The summed E-state index contributed by atoms with van der Waals surface area (Å²) in [6.45, 7) is 0. The number of carbonyl (C=O) groups is 1. The molecule has 0 aliphatic heterocycles. The molecule has 0 aliphatic rings. The molecule has 6 heteroatoms. The Morgan fingerprint density at radius 3 is 2.64 bits per heavy atom. The van der Waals surface area contributed by atoms with E-state index in [1.165, 1.54) is 11.3 Å². The third-order valence-electron chi connectivity index (χ3n) is 3.21. The number of benzene rings is 1. The first-order valence-corrected chi connectivity index (χ1v) is 7.87. The minimum atomic E-state index is -0.217. The predicted octanol–water partition coefficient (Wildman–Crippen LogP) is 4.27. The molecule has 0 bridgehead atoms. The summed E-state index contributed by atoms with van der Waals surface area (Å²) in [7, 11) is 3.83. The summed E-state index contributed by atoms with van der Waals surface area (Å²) in [5, 5.41) is 4.23. The van der Waals surface area contributed by atoms with Crippen LogP contribution in [0.3, 0.4) is 0 Å². The molecule has 0 saturated carbocycles. The van der Waals surface area contributed by atoms with E-state index in [0.29, 0.717) is 15.6 Å². The molecule has 2 aromatic heterocycles. The Bertz CT molecular complexity index is 827. The van der Waals surface area contributed by atoms with Gasteiger partial charge in [0.05, 0.1) is 16.9 Å². The first-order chi connectivity index (χ1) is 10.6. The molecule has 1 aromatic carbocycles. The quantitative estimate of drug-likeness (QED) is 0.779. The lowest BCUT2D eigenvalue weighted by molar-refractivity contribution is 0.103. The van der Waals surface area contributed by atoms with Crippen molar-refractivity contribution in [2.45, 2.75) is 0 Å². The maximum atomic E-state index is 12.4. The minimum Gasteiger partial charge on any atom is -0.363 e. The molecule has 2 heterocycles. The zero-order chi connectivity index (χ0) is 15.7. The van der Waals surface area contributed by atoms with Crippen molar-refractivity contribution in [3.63, 3.8) is 0 Å². The van der Waals surface area contributed by atoms with Gasteiger partial charge in [-0.15, -0.1) is 11.3 Å². The lowest BCUT2D eigenvalue weighted by atomic mass is 10.2. The zero-order valence-corrected chi connectivity index (χ0v) is 13.7. The van der Waals surface area contributed by atoms with E-state index in [9.17, 15) is 4.79 Å². The number of hydrogen-bond acceptors (Lipinski definition) is 4. The molecule has 1 N–H and O–H groups in total. The van der Waals surface area contributed by atoms with Gasteiger partial charge in [0.15, 0.2) is 0 Å². The number of amides is 1. The third kappa shape index (κ3) is 2.77. The van der Waals surface area contributed by atoms with Crippen LogP contribution in [0, 0.1) is 0 Å². The molecule has 0 aliphatic carbocycles. The molecule has 1 amide bonds. The largest absolute Gasteiger partial charge is 0.363 e. The number of halogens is 1. The summed E-state index contributed by atoms with van der Waals surface area (Å²) < 4.78 is 0.999. The molecule has 0 saturated heterocycles. The fraction of sp³-hybridized carbons (Fsp3) is 0.125. The number of nitrogens with zero attached hydrogens (tertiary/aromatic N) is 2. The molecule has 0 spiro atoms. The van der Waals surface area contributed by atoms with Crippen LogP contribution in [0.4, 0.5) is 11.5 Å². The Hall–Kier alpha value is -2.11. The van der Waals surface area contributed by atoms with Crippen molar-refractivity contribution in [3.8, 4) is 0 Å². The fourth-order valence-electron chi connectivity index (χ4n) is 2.07. The van der Waals surface area contributed by atoms with Crippen molar-refractivity contribution in [1.29, 1.82) is 0 Å². The number of rotatable bonds is 3. The Labute approximate surface area is 137 Å². The molecule has 4 nitrogen and oxygen atoms in total. The van der Waals surface area contributed by atoms with Gasteiger partial charge >= 0.3 is 0 Å². The SMILES string of the molecule is CN(C)c1ccc(NC(=O)c2sc3ccccc3c2Cl)cn1. The van der Waals surface area contributed by atoms with E-state index < -0.39 is 0 Å². The van der Waals surface area contributed by atoms with Gasteiger partial charge in [-0.2, -0.15) is 0 Å². The van der Waals surface area contributed by atoms with E-state index in [-0.39, 0.29) is 5.91 Å². The van der Waals surface area contributed by atoms with Crippen LogP contribution in [0.25, 0.3) is 10.1 Å². The number of carbonyl (C=O) groups excluding carboxylic acids is 1. The van der Waals surface area contributed by atoms with E-state index in [1.807, 2.05) is 55.4 Å². The van der Waals surface area contributed by atoms with Gasteiger partial charge in [0, 0.05) is 24.2 Å². The van der Waals surface area contributed by atoms with E-state index in [0.717, 1.165) is 15.9 Å². The Kier molecular flexibility index (Phi) is 4.00. The van der Waals surface area contributed by atoms with Gasteiger partial charge in [-0.1, -0.05) is 29.8 Å². The highest BCUT2D eigenvalue weighted by Gasteiger charge is 2.17. The van der Waals surface area contributed by atoms with E-state index in [2.05, 4.69) is 10.3 Å². The van der Waals surface area contributed by atoms with Crippen LogP contribution in [0.2, 0.25) is 5.02 Å². The van der Waals surface area contributed by atoms with E-state index >= 15 is 0 Å². The Morgan fingerprint density at radius 2 is 2.00 bits per heavy atom. The number of anilines is 2. The molecule has 22 heavy (non-hydrogen) atoms. The van der Waals surface area contributed by atoms with Crippen LogP contribution in [-0.2, 0) is 0 Å². The van der Waals surface area contributed by atoms with Gasteiger partial charge in [0.1, 0.15) is 10.7 Å². The summed E-state index contributed by atoms with van der Waals surface area (Å²) in [6.07, 6.45) is 1.63. The summed E-state index contributed by atoms with van der Waals surface area (Å²) >= 11 is 7.70. The van der Waals surface area contributed by atoms with Crippen molar-refractivity contribution in [2.75, 3.05) is 24.3 Å². The average molecular weight is 332 g/mol. The summed E-state index contributed by atoms with van der Waals surface area (Å²) in [5.41, 5.74) is 0.643. The van der Waals surface area contributed by atoms with Crippen LogP contribution in [0.15, 0.2) is 42.6 Å². The van der Waals surface area contributed by atoms with Gasteiger partial charge < -0.3 is 10.2 Å². The molecule has 0 fully saturated rings. The van der Waals surface area contributed by atoms with Gasteiger partial charge in [-0.3, -0.25) is 4.79 Å². The summed E-state index contributed by atoms with van der Waals surface area (Å²) in [5.74, 6) is 0.614. The molecule has 3 aromatic rings. The second kappa shape index (κ2) is 5.94. The van der Waals surface area contributed by atoms with Gasteiger partial charge in [0.25, 0.3) is 5.91 Å². The highest BCUT2D eigenvalue weighted by molar-refractivity contribution is 7.21. The Balaban J connectivity index is 1.85. The zero-order valence-electron chi connectivity index (χ0n) is 12.1. The standard InChI is InChI=1S/C16H14ClN3OS/c1-20(2)13-8-7-10(9-18-13)19-16(21)15-14(17)11-5-3-4-6-12(11)22-15/h3-9H,1-2H3,(H,19,21). The van der Waals surface area contributed by atoms with Crippen molar-refractivity contribution < 1.29 is 4.79 Å². The molecule has 0 atom stereocenters. The topological polar surface area (TPSA) is 45.2 Å². The monoisotopic (exact) mass is 331 g/mol.